The Balaban J connectivity index is 1.41. The molecule has 0 spiro atoms. The molecule has 1 fully saturated rings. The van der Waals surface area contributed by atoms with E-state index in [2.05, 4.69) is 28.8 Å². The second-order valence-corrected chi connectivity index (χ2v) is 11.0. The van der Waals surface area contributed by atoms with Crippen LogP contribution >= 0.6 is 11.3 Å². The molecule has 1 aliphatic rings. The smallest absolute Gasteiger partial charge is 0.275 e. The molecule has 1 aromatic carbocycles. The van der Waals surface area contributed by atoms with Crippen molar-refractivity contribution in [3.05, 3.63) is 57.0 Å². The van der Waals surface area contributed by atoms with Gasteiger partial charge in [-0.05, 0) is 37.0 Å². The molecule has 0 amide bonds. The molecular weight excluding hydrogens is 434 g/mol. The summed E-state index contributed by atoms with van der Waals surface area (Å²) in [7, 11) is -3.50. The quantitative estimate of drug-likeness (QED) is 0.560. The predicted octanol–water partition coefficient (Wildman–Crippen LogP) is 2.48. The van der Waals surface area contributed by atoms with Gasteiger partial charge in [0.25, 0.3) is 5.56 Å². The van der Waals surface area contributed by atoms with E-state index in [1.807, 2.05) is 12.1 Å². The fourth-order valence-electron chi connectivity index (χ4n) is 3.70. The monoisotopic (exact) mass is 461 g/mol. The van der Waals surface area contributed by atoms with Gasteiger partial charge in [-0.25, -0.2) is 13.4 Å². The maximum absolute atomic E-state index is 13.0. The van der Waals surface area contributed by atoms with Crippen LogP contribution in [0.25, 0.3) is 4.96 Å². The Morgan fingerprint density at radius 3 is 2.45 bits per heavy atom. The first-order valence-corrected chi connectivity index (χ1v) is 12.7. The number of hydrogen-bond donors (Lipinski definition) is 0. The average molecular weight is 462 g/mol. The number of fused-ring (bicyclic) bond motifs is 1. The van der Waals surface area contributed by atoms with Gasteiger partial charge in [0.1, 0.15) is 5.01 Å². The van der Waals surface area contributed by atoms with Crippen molar-refractivity contribution in [2.24, 2.45) is 0 Å². The molecule has 10 heteroatoms. The second-order valence-electron chi connectivity index (χ2n) is 7.98. The Hall–Kier alpha value is -2.14. The van der Waals surface area contributed by atoms with Crippen molar-refractivity contribution in [3.8, 4) is 0 Å². The Morgan fingerprint density at radius 2 is 1.81 bits per heavy atom. The molecular formula is C21H27N5O3S2. The molecule has 0 bridgehead atoms. The van der Waals surface area contributed by atoms with Crippen LogP contribution in [-0.2, 0) is 16.6 Å². The van der Waals surface area contributed by atoms with Crippen LogP contribution in [0.2, 0.25) is 0 Å². The zero-order chi connectivity index (χ0) is 22.2. The lowest BCUT2D eigenvalue weighted by atomic mass is 9.99. The van der Waals surface area contributed by atoms with Crippen LogP contribution < -0.4 is 5.56 Å². The molecule has 1 atom stereocenters. The summed E-state index contributed by atoms with van der Waals surface area (Å²) in [4.78, 5) is 19.5. The number of benzene rings is 1. The zero-order valence-electron chi connectivity index (χ0n) is 18.0. The van der Waals surface area contributed by atoms with Crippen molar-refractivity contribution < 1.29 is 8.42 Å². The summed E-state index contributed by atoms with van der Waals surface area (Å²) in [5.74, 6) is 0.415. The molecule has 2 aromatic heterocycles. The van der Waals surface area contributed by atoms with E-state index in [0.29, 0.717) is 54.2 Å². The number of piperazine rings is 1. The van der Waals surface area contributed by atoms with Gasteiger partial charge >= 0.3 is 0 Å². The van der Waals surface area contributed by atoms with Gasteiger partial charge in [-0.2, -0.15) is 13.9 Å². The van der Waals surface area contributed by atoms with E-state index in [-0.39, 0.29) is 5.56 Å². The minimum atomic E-state index is -3.50. The average Bonchev–Trinajstić information content (AvgIpc) is 3.16. The molecule has 4 rings (SSSR count). The van der Waals surface area contributed by atoms with Crippen LogP contribution in [0.15, 0.2) is 40.0 Å². The Labute approximate surface area is 186 Å². The highest BCUT2D eigenvalue weighted by Crippen LogP contribution is 2.23. The van der Waals surface area contributed by atoms with Crippen LogP contribution in [0.3, 0.4) is 0 Å². The van der Waals surface area contributed by atoms with Gasteiger partial charge < -0.3 is 0 Å². The van der Waals surface area contributed by atoms with Gasteiger partial charge in [-0.3, -0.25) is 9.69 Å². The van der Waals surface area contributed by atoms with E-state index in [9.17, 15) is 13.2 Å². The van der Waals surface area contributed by atoms with Gasteiger partial charge in [-0.15, -0.1) is 0 Å². The summed E-state index contributed by atoms with van der Waals surface area (Å²) in [6.45, 7) is 8.71. The minimum Gasteiger partial charge on any atom is -0.294 e. The number of hydrogen-bond acceptors (Lipinski definition) is 7. The van der Waals surface area contributed by atoms with Crippen LogP contribution in [-0.4, -0.2) is 58.4 Å². The van der Waals surface area contributed by atoms with E-state index in [1.165, 1.54) is 21.9 Å². The summed E-state index contributed by atoms with van der Waals surface area (Å²) in [6.07, 6.45) is 1.02. The number of nitrogens with zero attached hydrogens (tertiary/aromatic N) is 5. The largest absolute Gasteiger partial charge is 0.294 e. The van der Waals surface area contributed by atoms with Crippen molar-refractivity contribution in [2.45, 2.75) is 44.6 Å². The van der Waals surface area contributed by atoms with Crippen LogP contribution in [0.4, 0.5) is 0 Å². The zero-order valence-corrected chi connectivity index (χ0v) is 19.6. The van der Waals surface area contributed by atoms with Crippen LogP contribution in [0.1, 0.15) is 42.5 Å². The van der Waals surface area contributed by atoms with E-state index in [0.717, 1.165) is 17.0 Å². The summed E-state index contributed by atoms with van der Waals surface area (Å²) in [5, 5.41) is 5.18. The van der Waals surface area contributed by atoms with Gasteiger partial charge in [0.05, 0.1) is 11.4 Å². The Bertz CT molecular complexity index is 1230. The number of rotatable bonds is 6. The lowest BCUT2D eigenvalue weighted by Gasteiger charge is -2.33. The standard InChI is InChI=1S/C21H27N5O3S2/c1-4-15(2)17-5-7-18(8-6-17)31(28,29)25-11-9-24(10-12-25)14-19-23-26-20(27)13-16(3)22-21(26)30-19/h5-8,13,15H,4,9-12,14H2,1-3H3/t15-/m1/s1. The lowest BCUT2D eigenvalue weighted by molar-refractivity contribution is 0.181. The van der Waals surface area contributed by atoms with Crippen LogP contribution in [0.5, 0.6) is 0 Å². The fourth-order valence-corrected chi connectivity index (χ4v) is 6.11. The van der Waals surface area contributed by atoms with Gasteiger partial charge in [-0.1, -0.05) is 37.3 Å². The molecule has 3 heterocycles. The molecule has 3 aromatic rings. The van der Waals surface area contributed by atoms with Crippen molar-refractivity contribution in [1.29, 1.82) is 0 Å². The summed E-state index contributed by atoms with van der Waals surface area (Å²) < 4.78 is 29.0. The van der Waals surface area contributed by atoms with Gasteiger partial charge in [0.15, 0.2) is 0 Å². The molecule has 0 N–H and O–H groups in total. The third-order valence-corrected chi connectivity index (χ3v) is 8.61. The first-order chi connectivity index (χ1) is 14.8. The SMILES string of the molecule is CC[C@@H](C)c1ccc(S(=O)(=O)N2CCN(Cc3nn4c(=O)cc(C)nc4s3)CC2)cc1. The van der Waals surface area contributed by atoms with E-state index < -0.39 is 10.0 Å². The maximum atomic E-state index is 13.0. The molecule has 31 heavy (non-hydrogen) atoms. The maximum Gasteiger partial charge on any atom is 0.275 e. The minimum absolute atomic E-state index is 0.180. The predicted molar refractivity (Wildman–Crippen MR) is 121 cm³/mol. The molecule has 8 nitrogen and oxygen atoms in total. The number of aryl methyl sites for hydroxylation is 1. The third kappa shape index (κ3) is 4.57. The highest BCUT2D eigenvalue weighted by molar-refractivity contribution is 7.89. The highest BCUT2D eigenvalue weighted by Gasteiger charge is 2.29. The topological polar surface area (TPSA) is 87.9 Å². The first-order valence-electron chi connectivity index (χ1n) is 10.5. The van der Waals surface area contributed by atoms with E-state index in [4.69, 9.17) is 0 Å². The lowest BCUT2D eigenvalue weighted by Crippen LogP contribution is -2.48. The molecule has 1 aliphatic heterocycles. The first kappa shape index (κ1) is 22.1. The fraction of sp³-hybridized carbons (Fsp3) is 0.476. The van der Waals surface area contributed by atoms with Crippen molar-refractivity contribution in [2.75, 3.05) is 26.2 Å². The van der Waals surface area contributed by atoms with Crippen molar-refractivity contribution >= 4 is 26.3 Å². The Morgan fingerprint density at radius 1 is 1.13 bits per heavy atom. The number of aromatic nitrogens is 3. The highest BCUT2D eigenvalue weighted by atomic mass is 32.2. The molecule has 1 saturated heterocycles. The number of sulfonamides is 1. The van der Waals surface area contributed by atoms with Crippen molar-refractivity contribution in [1.82, 2.24) is 23.8 Å². The van der Waals surface area contributed by atoms with E-state index in [1.54, 1.807) is 23.4 Å². The molecule has 0 unspecified atom stereocenters. The van der Waals surface area contributed by atoms with Gasteiger partial charge in [0.2, 0.25) is 15.0 Å². The molecule has 0 saturated carbocycles. The molecule has 0 radical (unpaired) electrons. The Kier molecular flexibility index (Phi) is 6.25. The normalized spacial score (nSPS) is 17.3. The summed E-state index contributed by atoms with van der Waals surface area (Å²) >= 11 is 1.40. The molecule has 0 aliphatic carbocycles. The summed E-state index contributed by atoms with van der Waals surface area (Å²) in [5.41, 5.74) is 1.65. The van der Waals surface area contributed by atoms with Crippen LogP contribution in [0, 0.1) is 6.92 Å². The molecule has 166 valence electrons. The van der Waals surface area contributed by atoms with Gasteiger partial charge in [0, 0.05) is 37.9 Å². The van der Waals surface area contributed by atoms with Crippen molar-refractivity contribution in [3.63, 3.8) is 0 Å². The second kappa shape index (κ2) is 8.78. The third-order valence-electron chi connectivity index (χ3n) is 5.80. The summed E-state index contributed by atoms with van der Waals surface area (Å²) in [6, 6.07) is 8.74. The van der Waals surface area contributed by atoms with E-state index >= 15 is 0 Å².